The van der Waals surface area contributed by atoms with Crippen molar-refractivity contribution in [3.05, 3.63) is 0 Å². The summed E-state index contributed by atoms with van der Waals surface area (Å²) < 4.78 is 4.56. The summed E-state index contributed by atoms with van der Waals surface area (Å²) in [6.45, 7) is 3.68. The highest BCUT2D eigenvalue weighted by Crippen LogP contribution is 2.01. The van der Waals surface area contributed by atoms with E-state index in [1.54, 1.807) is 6.92 Å². The van der Waals surface area contributed by atoms with Crippen LogP contribution in [0.25, 0.3) is 0 Å². The minimum absolute atomic E-state index is 0.205. The van der Waals surface area contributed by atoms with Crippen LogP contribution in [0.2, 0.25) is 0 Å². The van der Waals surface area contributed by atoms with Gasteiger partial charge in [0.05, 0.1) is 6.61 Å². The number of aliphatic imine (C=N–C) groups is 1. The first-order valence-corrected chi connectivity index (χ1v) is 5.01. The first-order valence-electron chi connectivity index (χ1n) is 5.01. The number of ether oxygens (including phenoxy) is 1. The molecule has 7 heteroatoms. The summed E-state index contributed by atoms with van der Waals surface area (Å²) in [5.74, 6) is -1.32. The van der Waals surface area contributed by atoms with E-state index in [-0.39, 0.29) is 12.6 Å². The lowest BCUT2D eigenvalue weighted by atomic mass is 10.2. The van der Waals surface area contributed by atoms with Crippen LogP contribution in [-0.4, -0.2) is 35.8 Å². The minimum Gasteiger partial charge on any atom is -0.480 e. The van der Waals surface area contributed by atoms with Gasteiger partial charge in [-0.2, -0.15) is 0 Å². The smallest absolute Gasteiger partial charge is 0.413 e. The second kappa shape index (κ2) is 7.49. The zero-order chi connectivity index (χ0) is 12.6. The average molecular weight is 231 g/mol. The Kier molecular flexibility index (Phi) is 6.66. The maximum absolute atomic E-state index is 10.9. The van der Waals surface area contributed by atoms with Crippen molar-refractivity contribution < 1.29 is 19.4 Å². The fraction of sp³-hybridized carbons (Fsp3) is 0.667. The molecule has 0 rings (SSSR count). The number of hydrogen-bond acceptors (Lipinski definition) is 4. The fourth-order valence-corrected chi connectivity index (χ4v) is 0.989. The lowest BCUT2D eigenvalue weighted by molar-refractivity contribution is -0.138. The van der Waals surface area contributed by atoms with Gasteiger partial charge in [-0.3, -0.25) is 5.32 Å². The Morgan fingerprint density at radius 1 is 1.50 bits per heavy atom. The molecule has 0 bridgehead atoms. The van der Waals surface area contributed by atoms with E-state index in [9.17, 15) is 9.59 Å². The minimum atomic E-state index is -1.07. The van der Waals surface area contributed by atoms with Gasteiger partial charge in [0.15, 0.2) is 12.0 Å². The third kappa shape index (κ3) is 5.84. The summed E-state index contributed by atoms with van der Waals surface area (Å²) in [5, 5.41) is 10.9. The first kappa shape index (κ1) is 14.2. The Balaban J connectivity index is 4.36. The molecule has 0 spiro atoms. The molecule has 0 aliphatic carbocycles. The molecule has 1 unspecified atom stereocenters. The maximum Gasteiger partial charge on any atom is 0.413 e. The summed E-state index contributed by atoms with van der Waals surface area (Å²) >= 11 is 0. The van der Waals surface area contributed by atoms with Crippen molar-refractivity contribution in [2.45, 2.75) is 32.7 Å². The molecule has 4 N–H and O–H groups in total. The molecule has 0 aromatic rings. The molecule has 0 aliphatic rings. The lowest BCUT2D eigenvalue weighted by Gasteiger charge is -2.08. The highest BCUT2D eigenvalue weighted by molar-refractivity contribution is 5.94. The number of aliphatic carboxylic acids is 1. The molecule has 0 saturated heterocycles. The number of guanidine groups is 1. The SMILES string of the molecule is CCCC(N=C(N)NC(=O)OCC)C(=O)O. The summed E-state index contributed by atoms with van der Waals surface area (Å²) in [6, 6.07) is -0.938. The van der Waals surface area contributed by atoms with Gasteiger partial charge in [0.25, 0.3) is 0 Å². The number of carboxylic acids is 1. The zero-order valence-corrected chi connectivity index (χ0v) is 9.40. The van der Waals surface area contributed by atoms with Crippen LogP contribution in [0.1, 0.15) is 26.7 Å². The van der Waals surface area contributed by atoms with Gasteiger partial charge in [0.1, 0.15) is 0 Å². The largest absolute Gasteiger partial charge is 0.480 e. The van der Waals surface area contributed by atoms with Crippen LogP contribution in [-0.2, 0) is 9.53 Å². The van der Waals surface area contributed by atoms with Gasteiger partial charge in [-0.1, -0.05) is 13.3 Å². The summed E-state index contributed by atoms with van der Waals surface area (Å²) in [4.78, 5) is 25.3. The highest BCUT2D eigenvalue weighted by atomic mass is 16.5. The summed E-state index contributed by atoms with van der Waals surface area (Å²) in [5.41, 5.74) is 5.35. The van der Waals surface area contributed by atoms with Crippen molar-refractivity contribution in [1.29, 1.82) is 0 Å². The molecule has 0 fully saturated rings. The Morgan fingerprint density at radius 3 is 2.56 bits per heavy atom. The van der Waals surface area contributed by atoms with Gasteiger partial charge in [0, 0.05) is 0 Å². The van der Waals surface area contributed by atoms with Gasteiger partial charge in [0.2, 0.25) is 0 Å². The highest BCUT2D eigenvalue weighted by Gasteiger charge is 2.15. The second-order valence-corrected chi connectivity index (χ2v) is 3.00. The second-order valence-electron chi connectivity index (χ2n) is 3.00. The normalized spacial score (nSPS) is 13.0. The zero-order valence-electron chi connectivity index (χ0n) is 9.40. The lowest BCUT2D eigenvalue weighted by Crippen LogP contribution is -2.39. The van der Waals surface area contributed by atoms with Crippen LogP contribution in [0.4, 0.5) is 4.79 Å². The maximum atomic E-state index is 10.9. The fourth-order valence-electron chi connectivity index (χ4n) is 0.989. The number of hydrogen-bond donors (Lipinski definition) is 3. The molecule has 92 valence electrons. The Labute approximate surface area is 93.7 Å². The molecule has 0 aliphatic heterocycles. The Bertz CT molecular complexity index is 278. The molecule has 1 atom stereocenters. The summed E-state index contributed by atoms with van der Waals surface area (Å²) in [6.07, 6.45) is 0.276. The van der Waals surface area contributed by atoms with Crippen molar-refractivity contribution in [3.8, 4) is 0 Å². The molecule has 0 aromatic heterocycles. The van der Waals surface area contributed by atoms with Gasteiger partial charge in [-0.15, -0.1) is 0 Å². The summed E-state index contributed by atoms with van der Waals surface area (Å²) in [7, 11) is 0. The molecule has 1 amide bonds. The van der Waals surface area contributed by atoms with Gasteiger partial charge < -0.3 is 15.6 Å². The standard InChI is InChI=1S/C9H17N3O4/c1-3-5-6(7(13)14)11-8(10)12-9(15)16-4-2/h6H,3-5H2,1-2H3,(H,13,14)(H3,10,11,12,15). The molecule has 16 heavy (non-hydrogen) atoms. The van der Waals surface area contributed by atoms with Gasteiger partial charge >= 0.3 is 12.1 Å². The van der Waals surface area contributed by atoms with Crippen molar-refractivity contribution in [1.82, 2.24) is 5.32 Å². The van der Waals surface area contributed by atoms with Crippen molar-refractivity contribution in [2.24, 2.45) is 10.7 Å². The van der Waals surface area contributed by atoms with Crippen molar-refractivity contribution in [2.75, 3.05) is 6.61 Å². The van der Waals surface area contributed by atoms with Gasteiger partial charge in [-0.25, -0.2) is 14.6 Å². The van der Waals surface area contributed by atoms with Crippen LogP contribution < -0.4 is 11.1 Å². The van der Waals surface area contributed by atoms with Crippen LogP contribution in [0.5, 0.6) is 0 Å². The molecule has 0 radical (unpaired) electrons. The van der Waals surface area contributed by atoms with E-state index in [1.807, 2.05) is 6.92 Å². The van der Waals surface area contributed by atoms with Gasteiger partial charge in [-0.05, 0) is 13.3 Å². The topological polar surface area (TPSA) is 114 Å². The van der Waals surface area contributed by atoms with E-state index in [0.29, 0.717) is 12.8 Å². The molecule has 0 heterocycles. The third-order valence-electron chi connectivity index (χ3n) is 1.65. The number of carbonyl (C=O) groups is 2. The molecular weight excluding hydrogens is 214 g/mol. The van der Waals surface area contributed by atoms with E-state index in [1.165, 1.54) is 0 Å². The number of carboxylic acid groups (broad SMARTS) is 1. The third-order valence-corrected chi connectivity index (χ3v) is 1.65. The molecule has 0 aromatic carbocycles. The number of carbonyl (C=O) groups excluding carboxylic acids is 1. The quantitative estimate of drug-likeness (QED) is 0.465. The van der Waals surface area contributed by atoms with E-state index >= 15 is 0 Å². The number of nitrogens with two attached hydrogens (primary N) is 1. The monoisotopic (exact) mass is 231 g/mol. The Hall–Kier alpha value is -1.79. The van der Waals surface area contributed by atoms with Crippen LogP contribution in [0, 0.1) is 0 Å². The molecule has 0 saturated carbocycles. The van der Waals surface area contributed by atoms with Crippen LogP contribution in [0.15, 0.2) is 4.99 Å². The van der Waals surface area contributed by atoms with Crippen LogP contribution in [0.3, 0.4) is 0 Å². The van der Waals surface area contributed by atoms with Crippen molar-refractivity contribution in [3.63, 3.8) is 0 Å². The number of rotatable bonds is 5. The van der Waals surface area contributed by atoms with Crippen molar-refractivity contribution >= 4 is 18.0 Å². The molecular formula is C9H17N3O4. The average Bonchev–Trinajstić information content (AvgIpc) is 2.16. The van der Waals surface area contributed by atoms with E-state index in [0.717, 1.165) is 0 Å². The predicted molar refractivity (Wildman–Crippen MR) is 58.1 cm³/mol. The molecule has 7 nitrogen and oxygen atoms in total. The number of alkyl carbamates (subject to hydrolysis) is 1. The van der Waals surface area contributed by atoms with E-state index in [4.69, 9.17) is 10.8 Å². The van der Waals surface area contributed by atoms with E-state index < -0.39 is 18.1 Å². The van der Waals surface area contributed by atoms with E-state index in [2.05, 4.69) is 15.0 Å². The number of amides is 1. The first-order chi connectivity index (χ1) is 7.51. The number of nitrogens with one attached hydrogen (secondary N) is 1. The predicted octanol–water partition coefficient (Wildman–Crippen LogP) is 0.300. The number of nitrogens with zero attached hydrogens (tertiary/aromatic N) is 1. The Morgan fingerprint density at radius 2 is 2.12 bits per heavy atom. The van der Waals surface area contributed by atoms with Crippen LogP contribution >= 0.6 is 0 Å².